The summed E-state index contributed by atoms with van der Waals surface area (Å²) in [5.74, 6) is -5.49. The van der Waals surface area contributed by atoms with Gasteiger partial charge in [-0.3, -0.25) is 9.59 Å². The minimum absolute atomic E-state index is 0.134. The Morgan fingerprint density at radius 2 is 1.54 bits per heavy atom. The lowest BCUT2D eigenvalue weighted by Gasteiger charge is -2.74. The number of carbonyl (C=O) groups is 4. The van der Waals surface area contributed by atoms with Crippen LogP contribution in [-0.4, -0.2) is 176 Å². The topological polar surface area (TPSA) is 315 Å². The first kappa shape index (κ1) is 56.6. The molecule has 20 nitrogen and oxygen atoms in total. The molecule has 0 bridgehead atoms. The van der Waals surface area contributed by atoms with Crippen molar-refractivity contribution in [2.45, 2.75) is 200 Å². The van der Waals surface area contributed by atoms with Gasteiger partial charge in [0.15, 0.2) is 24.8 Å². The molecule has 7 rings (SSSR count). The Labute approximate surface area is 421 Å². The molecule has 408 valence electrons. The summed E-state index contributed by atoms with van der Waals surface area (Å²) in [7, 11) is 1.29. The van der Waals surface area contributed by atoms with Crippen molar-refractivity contribution in [2.24, 2.45) is 56.2 Å². The van der Waals surface area contributed by atoms with Gasteiger partial charge in [-0.2, -0.15) is 0 Å². The summed E-state index contributed by atoms with van der Waals surface area (Å²) in [5.41, 5.74) is -5.90. The molecule has 0 aromatic carbocycles. The number of methoxy groups -OCH3 is 1. The van der Waals surface area contributed by atoms with E-state index < -0.39 is 173 Å². The molecule has 0 amide bonds. The molecule has 0 aromatic rings. The highest BCUT2D eigenvalue weighted by Gasteiger charge is 2.78. The van der Waals surface area contributed by atoms with Crippen molar-refractivity contribution in [2.75, 3.05) is 20.3 Å². The van der Waals surface area contributed by atoms with Crippen LogP contribution in [0.2, 0.25) is 0 Å². The molecule has 9 N–H and O–H groups in total. The van der Waals surface area contributed by atoms with E-state index in [0.29, 0.717) is 31.3 Å². The number of ether oxygens (including phenoxy) is 7. The van der Waals surface area contributed by atoms with Crippen molar-refractivity contribution in [3.8, 4) is 0 Å². The summed E-state index contributed by atoms with van der Waals surface area (Å²) in [6.07, 6.45) is -16.8. The minimum Gasteiger partial charge on any atom is -0.479 e. The van der Waals surface area contributed by atoms with E-state index in [4.69, 9.17) is 33.2 Å². The normalized spacial score (nSPS) is 48.3. The number of allylic oxidation sites excluding steroid dienone is 2. The number of aliphatic carboxylic acids is 1. The zero-order valence-electron chi connectivity index (χ0n) is 43.4. The SMILES string of the molecule is CC=C(C)C(=O)OC1C(OC(=O)C(C)CC)C2(CO)C(CC1(C)C)C1=CCC3C4(C)CCC(OC5OC(C(=O)O)C(O)C(OC6OCC(O)C(O)C6O)C5O)CC4C(C)(C(=O)OC)CC3(C)C1(C)C(O)C2O. The van der Waals surface area contributed by atoms with Crippen LogP contribution in [0.5, 0.6) is 0 Å². The van der Waals surface area contributed by atoms with E-state index in [-0.39, 0.29) is 25.2 Å². The van der Waals surface area contributed by atoms with Gasteiger partial charge in [-0.15, -0.1) is 0 Å². The van der Waals surface area contributed by atoms with Gasteiger partial charge in [0.2, 0.25) is 0 Å². The number of rotatable bonds is 12. The maximum Gasteiger partial charge on any atom is 0.335 e. The number of aliphatic hydroxyl groups is 8. The van der Waals surface area contributed by atoms with E-state index in [1.165, 1.54) is 7.11 Å². The molecular formula is C52H80O20. The van der Waals surface area contributed by atoms with Gasteiger partial charge in [-0.25, -0.2) is 9.59 Å². The molecular weight excluding hydrogens is 945 g/mol. The molecule has 2 saturated heterocycles. The molecule has 4 saturated carbocycles. The van der Waals surface area contributed by atoms with Gasteiger partial charge in [0.05, 0.1) is 55.4 Å². The van der Waals surface area contributed by atoms with Gasteiger partial charge in [0.25, 0.3) is 0 Å². The first-order chi connectivity index (χ1) is 33.5. The average molecular weight is 1030 g/mol. The summed E-state index contributed by atoms with van der Waals surface area (Å²) in [6.45, 7) is 17.2. The second kappa shape index (κ2) is 20.1. The van der Waals surface area contributed by atoms with Gasteiger partial charge in [-0.05, 0) is 94.3 Å². The molecule has 5 aliphatic carbocycles. The summed E-state index contributed by atoms with van der Waals surface area (Å²) in [4.78, 5) is 54.5. The van der Waals surface area contributed by atoms with Crippen LogP contribution in [0.4, 0.5) is 0 Å². The van der Waals surface area contributed by atoms with Crippen LogP contribution >= 0.6 is 0 Å². The standard InChI is InChI=1S/C52H80O20/c1-12-23(3)42(63)71-39-40(72-43(64)24(4)13-2)52(22-53)27(19-47(39,5)6)26-14-15-29-48(7)17-16-25(18-30(48)49(8,46(65)66-11)21-50(29,9)51(26,10)37(59)38(52)60)68-45-34(58)35(33(57)36(70-45)41(61)62)69-44-32(56)31(55)28(54)20-67-44/h12,14,24-25,27-40,44-45,53-60H,13,15-22H2,1-11H3,(H,61,62). The molecule has 72 heavy (non-hydrogen) atoms. The van der Waals surface area contributed by atoms with Gasteiger partial charge >= 0.3 is 23.9 Å². The molecule has 2 aliphatic heterocycles. The largest absolute Gasteiger partial charge is 0.479 e. The number of aliphatic hydroxyl groups excluding tert-OH is 8. The van der Waals surface area contributed by atoms with Gasteiger partial charge in [0.1, 0.15) is 42.7 Å². The van der Waals surface area contributed by atoms with Crippen LogP contribution in [0.15, 0.2) is 23.3 Å². The van der Waals surface area contributed by atoms with E-state index >= 15 is 0 Å². The predicted molar refractivity (Wildman–Crippen MR) is 250 cm³/mol. The maximum absolute atomic E-state index is 14.6. The monoisotopic (exact) mass is 1020 g/mol. The molecule has 23 atom stereocenters. The fraction of sp³-hybridized carbons (Fsp3) is 0.846. The zero-order valence-corrected chi connectivity index (χ0v) is 43.4. The molecule has 2 heterocycles. The summed E-state index contributed by atoms with van der Waals surface area (Å²) >= 11 is 0. The molecule has 0 aromatic heterocycles. The van der Waals surface area contributed by atoms with Crippen molar-refractivity contribution in [1.82, 2.24) is 0 Å². The molecule has 0 spiro atoms. The number of fused-ring (bicyclic) bond motifs is 7. The van der Waals surface area contributed by atoms with Crippen molar-refractivity contribution in [3.63, 3.8) is 0 Å². The molecule has 0 radical (unpaired) electrons. The van der Waals surface area contributed by atoms with Gasteiger partial charge in [-0.1, -0.05) is 66.2 Å². The van der Waals surface area contributed by atoms with Crippen LogP contribution < -0.4 is 0 Å². The Bertz CT molecular complexity index is 2130. The number of carboxylic acids is 1. The number of carbonyl (C=O) groups excluding carboxylic acids is 3. The molecule has 20 heteroatoms. The predicted octanol–water partition coefficient (Wildman–Crippen LogP) is 1.67. The highest BCUT2D eigenvalue weighted by atomic mass is 16.7. The summed E-state index contributed by atoms with van der Waals surface area (Å²) < 4.78 is 41.3. The third-order valence-corrected chi connectivity index (χ3v) is 19.5. The average Bonchev–Trinajstić information content (AvgIpc) is 3.33. The Morgan fingerprint density at radius 3 is 2.14 bits per heavy atom. The maximum atomic E-state index is 14.6. The third-order valence-electron chi connectivity index (χ3n) is 19.5. The van der Waals surface area contributed by atoms with Gasteiger partial charge in [0, 0.05) is 16.4 Å². The zero-order chi connectivity index (χ0) is 53.6. The van der Waals surface area contributed by atoms with E-state index in [9.17, 15) is 65.1 Å². The van der Waals surface area contributed by atoms with Crippen LogP contribution in [0, 0.1) is 56.2 Å². The molecule has 23 unspecified atom stereocenters. The highest BCUT2D eigenvalue weighted by Crippen LogP contribution is 2.77. The smallest absolute Gasteiger partial charge is 0.335 e. The Hall–Kier alpha value is -3.12. The van der Waals surface area contributed by atoms with Crippen molar-refractivity contribution in [1.29, 1.82) is 0 Å². The lowest BCUT2D eigenvalue weighted by atomic mass is 9.31. The van der Waals surface area contributed by atoms with Crippen molar-refractivity contribution in [3.05, 3.63) is 23.3 Å². The second-order valence-electron chi connectivity index (χ2n) is 23.7. The first-order valence-corrected chi connectivity index (χ1v) is 25.5. The fourth-order valence-electron chi connectivity index (χ4n) is 15.0. The van der Waals surface area contributed by atoms with Gasteiger partial charge < -0.3 is 79.1 Å². The van der Waals surface area contributed by atoms with Crippen LogP contribution in [0.3, 0.4) is 0 Å². The first-order valence-electron chi connectivity index (χ1n) is 25.5. The Kier molecular flexibility index (Phi) is 15.8. The van der Waals surface area contributed by atoms with E-state index in [1.54, 1.807) is 26.8 Å². The lowest BCUT2D eigenvalue weighted by molar-refractivity contribution is -0.352. The van der Waals surface area contributed by atoms with E-state index in [1.807, 2.05) is 41.5 Å². The summed E-state index contributed by atoms with van der Waals surface area (Å²) in [5, 5.41) is 101. The second-order valence-corrected chi connectivity index (χ2v) is 23.7. The van der Waals surface area contributed by atoms with Crippen molar-refractivity contribution < 1.29 is 98.3 Å². The quantitative estimate of drug-likeness (QED) is 0.0441. The number of hydrogen-bond acceptors (Lipinski definition) is 19. The van der Waals surface area contributed by atoms with E-state index in [0.717, 1.165) is 5.57 Å². The summed E-state index contributed by atoms with van der Waals surface area (Å²) in [6, 6.07) is 0. The number of esters is 3. The number of carboxylic acid groups (broad SMARTS) is 1. The minimum atomic E-state index is -2.00. The van der Waals surface area contributed by atoms with Crippen molar-refractivity contribution >= 4 is 23.9 Å². The lowest BCUT2D eigenvalue weighted by Crippen LogP contribution is -2.77. The Balaban J connectivity index is 1.25. The number of hydrogen-bond donors (Lipinski definition) is 9. The van der Waals surface area contributed by atoms with Crippen LogP contribution in [-0.2, 0) is 52.3 Å². The van der Waals surface area contributed by atoms with Crippen LogP contribution in [0.1, 0.15) is 114 Å². The molecule has 6 fully saturated rings. The Morgan fingerprint density at radius 1 is 0.875 bits per heavy atom. The highest BCUT2D eigenvalue weighted by molar-refractivity contribution is 5.88. The third kappa shape index (κ3) is 8.58. The van der Waals surface area contributed by atoms with E-state index in [2.05, 4.69) is 13.0 Å². The fourth-order valence-corrected chi connectivity index (χ4v) is 15.0. The van der Waals surface area contributed by atoms with Crippen LogP contribution in [0.25, 0.3) is 0 Å². The molecule has 7 aliphatic rings.